The number of hydrogen-bond acceptors (Lipinski definition) is 6. The number of carboxylic acids is 2. The lowest BCUT2D eigenvalue weighted by atomic mass is 9.33. The molecule has 0 amide bonds. The Labute approximate surface area is 334 Å². The van der Waals surface area contributed by atoms with Gasteiger partial charge in [-0.05, 0) is 148 Å². The fraction of sp³-hybridized carbons (Fsp3) is 0.723. The predicted molar refractivity (Wildman–Crippen MR) is 227 cm³/mol. The number of hydrogen-bond donors (Lipinski definition) is 4. The number of aromatic carboxylic acids is 1. The van der Waals surface area contributed by atoms with Gasteiger partial charge in [-0.3, -0.25) is 4.79 Å². The number of aldehydes is 1. The van der Waals surface area contributed by atoms with E-state index in [0.717, 1.165) is 38.9 Å². The normalized spacial score (nSPS) is 33.8. The van der Waals surface area contributed by atoms with Gasteiger partial charge >= 0.3 is 11.9 Å². The number of carboxylic acid groups (broad SMARTS) is 2. The summed E-state index contributed by atoms with van der Waals surface area (Å²) in [4.78, 5) is 35.6. The largest absolute Gasteiger partial charge is 0.481 e. The Bertz CT molecular complexity index is 1470. The van der Waals surface area contributed by atoms with Crippen LogP contribution in [0.5, 0.6) is 0 Å². The average Bonchev–Trinajstić information content (AvgIpc) is 3.59. The average molecular weight is 764 g/mol. The molecule has 55 heavy (non-hydrogen) atoms. The summed E-state index contributed by atoms with van der Waals surface area (Å²) < 4.78 is 0. The van der Waals surface area contributed by atoms with Crippen molar-refractivity contribution in [2.24, 2.45) is 50.7 Å². The lowest BCUT2D eigenvalue weighted by molar-refractivity contribution is -0.220. The molecule has 0 heterocycles. The summed E-state index contributed by atoms with van der Waals surface area (Å²) >= 11 is 0. The third kappa shape index (κ3) is 9.50. The SMILES string of the molecule is C=CCNCCN(C)C.CC.CC1(C)C(c2ccc(C(=O)O)cc2)=CCC2(C)C1CCC1(C)C2CCC2[C@H]3CCCC3(C=O)CC[C@]21C.CNCCC(=O)O. The molecular weight excluding hydrogens is 687 g/mol. The second-order valence-electron chi connectivity index (χ2n) is 18.5. The first-order valence-corrected chi connectivity index (χ1v) is 21.3. The first-order chi connectivity index (χ1) is 26.0. The molecule has 8 heteroatoms. The number of carbonyl (C=O) groups excluding carboxylic acids is 1. The Hall–Kier alpha value is -2.81. The zero-order valence-corrected chi connectivity index (χ0v) is 36.2. The molecule has 8 nitrogen and oxygen atoms in total. The number of benzene rings is 1. The van der Waals surface area contributed by atoms with Crippen molar-refractivity contribution in [2.45, 2.75) is 119 Å². The van der Waals surface area contributed by atoms with Gasteiger partial charge < -0.3 is 30.5 Å². The molecule has 1 aromatic rings. The number of allylic oxidation sites excluding steroid dienone is 2. The van der Waals surface area contributed by atoms with Crippen LogP contribution in [-0.4, -0.2) is 80.7 Å². The number of fused-ring (bicyclic) bond motifs is 7. The van der Waals surface area contributed by atoms with E-state index in [-0.39, 0.29) is 22.7 Å². The van der Waals surface area contributed by atoms with E-state index in [1.807, 2.05) is 32.1 Å². The molecule has 0 bridgehead atoms. The Morgan fingerprint density at radius 2 is 1.55 bits per heavy atom. The second-order valence-corrected chi connectivity index (χ2v) is 18.5. The van der Waals surface area contributed by atoms with Gasteiger partial charge in [0.25, 0.3) is 0 Å². The highest BCUT2D eigenvalue weighted by molar-refractivity contribution is 5.88. The molecule has 0 aliphatic heterocycles. The van der Waals surface area contributed by atoms with E-state index in [9.17, 15) is 19.5 Å². The van der Waals surface area contributed by atoms with Crippen LogP contribution in [0.3, 0.4) is 0 Å². The minimum Gasteiger partial charge on any atom is -0.481 e. The number of rotatable bonds is 11. The molecule has 0 saturated heterocycles. The minimum atomic E-state index is -0.864. The molecule has 6 rings (SSSR count). The first-order valence-electron chi connectivity index (χ1n) is 21.3. The van der Waals surface area contributed by atoms with Gasteiger partial charge in [-0.15, -0.1) is 6.58 Å². The fourth-order valence-electron chi connectivity index (χ4n) is 12.5. The van der Waals surface area contributed by atoms with Gasteiger partial charge in [-0.2, -0.15) is 0 Å². The fourth-order valence-corrected chi connectivity index (χ4v) is 12.5. The highest BCUT2D eigenvalue weighted by Gasteiger charge is 2.69. The molecular formula is C47H77N3O5. The molecule has 6 unspecified atom stereocenters. The van der Waals surface area contributed by atoms with Crippen LogP contribution in [0.4, 0.5) is 0 Å². The van der Waals surface area contributed by atoms with Gasteiger partial charge in [-0.1, -0.05) is 79.2 Å². The van der Waals surface area contributed by atoms with Crippen molar-refractivity contribution in [2.75, 3.05) is 47.3 Å². The highest BCUT2D eigenvalue weighted by Crippen LogP contribution is 2.76. The van der Waals surface area contributed by atoms with Crippen LogP contribution < -0.4 is 10.6 Å². The smallest absolute Gasteiger partial charge is 0.335 e. The molecule has 4 N–H and O–H groups in total. The number of carbonyl (C=O) groups is 3. The van der Waals surface area contributed by atoms with E-state index < -0.39 is 11.9 Å². The number of nitrogens with one attached hydrogen (secondary N) is 2. The summed E-state index contributed by atoms with van der Waals surface area (Å²) in [6, 6.07) is 7.55. The van der Waals surface area contributed by atoms with E-state index in [1.54, 1.807) is 19.2 Å². The molecule has 310 valence electrons. The van der Waals surface area contributed by atoms with Crippen LogP contribution in [0.1, 0.15) is 135 Å². The van der Waals surface area contributed by atoms with Crippen LogP contribution in [-0.2, 0) is 9.59 Å². The van der Waals surface area contributed by atoms with E-state index in [4.69, 9.17) is 5.11 Å². The van der Waals surface area contributed by atoms with Crippen LogP contribution in [0, 0.1) is 50.7 Å². The number of likely N-dealkylation sites (N-methyl/N-ethyl adjacent to an activating group) is 1. The third-order valence-electron chi connectivity index (χ3n) is 15.3. The van der Waals surface area contributed by atoms with Crippen molar-refractivity contribution in [3.05, 3.63) is 54.1 Å². The standard InChI is InChI=1S/C34H46O3.C7H16N2.C4H9NO2.C2H6/c1-30(2)24(22-8-10-23(11-9-22)29(36)37)14-17-31(3)27(30)15-18-33(5)28(31)13-12-25-26-7-6-16-34(26,21-35)20-19-32(25,33)4;1-4-5-8-6-7-9(2)3;1-5-3-2-4(6)7;1-2/h8-11,14,21,25-28H,6-7,12-13,15-20H2,1-5H3,(H,36,37);4,8H,1,5-7H2,2-3H3;5H,2-3H2,1H3,(H,6,7);1-2H3/t25?,26-,27?,28?,31?,32-,33?,34?;;;/m1.../s1. The topological polar surface area (TPSA) is 119 Å². The summed E-state index contributed by atoms with van der Waals surface area (Å²) in [5.41, 5.74) is 3.87. The van der Waals surface area contributed by atoms with E-state index in [0.29, 0.717) is 46.6 Å². The first kappa shape index (κ1) is 46.6. The predicted octanol–water partition coefficient (Wildman–Crippen LogP) is 9.46. The van der Waals surface area contributed by atoms with Crippen LogP contribution in [0.2, 0.25) is 0 Å². The van der Waals surface area contributed by atoms with Gasteiger partial charge in [0.1, 0.15) is 6.29 Å². The van der Waals surface area contributed by atoms with Crippen molar-refractivity contribution in [3.8, 4) is 0 Å². The van der Waals surface area contributed by atoms with Crippen LogP contribution in [0.25, 0.3) is 5.57 Å². The maximum Gasteiger partial charge on any atom is 0.335 e. The number of nitrogens with zero attached hydrogens (tertiary/aromatic N) is 1. The van der Waals surface area contributed by atoms with Gasteiger partial charge in [0, 0.05) is 31.6 Å². The Morgan fingerprint density at radius 3 is 2.09 bits per heavy atom. The molecule has 0 radical (unpaired) electrons. The summed E-state index contributed by atoms with van der Waals surface area (Å²) in [6.45, 7) is 24.0. The summed E-state index contributed by atoms with van der Waals surface area (Å²) in [7, 11) is 5.86. The van der Waals surface area contributed by atoms with Gasteiger partial charge in [0.2, 0.25) is 0 Å². The highest BCUT2D eigenvalue weighted by atomic mass is 16.4. The maximum atomic E-state index is 12.4. The van der Waals surface area contributed by atoms with Crippen molar-refractivity contribution >= 4 is 23.8 Å². The van der Waals surface area contributed by atoms with Crippen molar-refractivity contribution in [3.63, 3.8) is 0 Å². The summed E-state index contributed by atoms with van der Waals surface area (Å²) in [6.07, 6.45) is 18.2. The molecule has 5 aliphatic rings. The van der Waals surface area contributed by atoms with Crippen molar-refractivity contribution in [1.29, 1.82) is 0 Å². The minimum absolute atomic E-state index is 0.0187. The Morgan fingerprint density at radius 1 is 0.873 bits per heavy atom. The zero-order valence-electron chi connectivity index (χ0n) is 36.2. The van der Waals surface area contributed by atoms with Crippen LogP contribution in [0.15, 0.2) is 43.0 Å². The lowest BCUT2D eigenvalue weighted by Gasteiger charge is -2.72. The lowest BCUT2D eigenvalue weighted by Crippen LogP contribution is -2.65. The van der Waals surface area contributed by atoms with E-state index >= 15 is 0 Å². The van der Waals surface area contributed by atoms with E-state index in [2.05, 4.69) is 76.9 Å². The third-order valence-corrected chi connectivity index (χ3v) is 15.3. The second kappa shape index (κ2) is 19.6. The molecule has 1 aromatic carbocycles. The zero-order chi connectivity index (χ0) is 41.2. The number of aliphatic carboxylic acids is 1. The molecule has 4 fully saturated rings. The van der Waals surface area contributed by atoms with Crippen molar-refractivity contribution in [1.82, 2.24) is 15.5 Å². The summed E-state index contributed by atoms with van der Waals surface area (Å²) in [5.74, 6) is 1.01. The van der Waals surface area contributed by atoms with Gasteiger partial charge in [0.15, 0.2) is 0 Å². The van der Waals surface area contributed by atoms with Crippen LogP contribution >= 0.6 is 0 Å². The van der Waals surface area contributed by atoms with Gasteiger partial charge in [-0.25, -0.2) is 4.79 Å². The summed E-state index contributed by atoms with van der Waals surface area (Å²) in [5, 5.41) is 23.3. The quantitative estimate of drug-likeness (QED) is 0.100. The molecule has 0 aromatic heterocycles. The Kier molecular flexibility index (Phi) is 16.6. The Balaban J connectivity index is 0.000000378. The monoisotopic (exact) mass is 764 g/mol. The molecule has 4 saturated carbocycles. The molecule has 8 atom stereocenters. The van der Waals surface area contributed by atoms with Gasteiger partial charge in [0.05, 0.1) is 12.0 Å². The molecule has 5 aliphatic carbocycles. The molecule has 0 spiro atoms. The van der Waals surface area contributed by atoms with E-state index in [1.165, 1.54) is 62.4 Å². The maximum absolute atomic E-state index is 12.4. The van der Waals surface area contributed by atoms with Crippen molar-refractivity contribution < 1.29 is 24.6 Å².